The monoisotopic (exact) mass is 450 g/mol. The summed E-state index contributed by atoms with van der Waals surface area (Å²) in [5, 5.41) is 2.94. The number of halogens is 3. The molecule has 0 bridgehead atoms. The lowest BCUT2D eigenvalue weighted by atomic mass is 9.91. The second kappa shape index (κ2) is 9.24. The summed E-state index contributed by atoms with van der Waals surface area (Å²) in [5.41, 5.74) is 5.76. The first-order valence-electron chi connectivity index (χ1n) is 10.8. The van der Waals surface area contributed by atoms with E-state index in [1.54, 1.807) is 24.3 Å². The van der Waals surface area contributed by atoms with Gasteiger partial charge < -0.3 is 10.2 Å². The van der Waals surface area contributed by atoms with Gasteiger partial charge in [0.2, 0.25) is 0 Å². The molecule has 3 aromatic rings. The lowest BCUT2D eigenvalue weighted by molar-refractivity contribution is -0.137. The van der Waals surface area contributed by atoms with Gasteiger partial charge in [-0.2, -0.15) is 13.2 Å². The molecule has 1 N–H and O–H groups in total. The molecule has 6 heteroatoms. The molecular formula is C27H25F3N2O. The van der Waals surface area contributed by atoms with Gasteiger partial charge in [-0.25, -0.2) is 0 Å². The van der Waals surface area contributed by atoms with E-state index in [9.17, 15) is 18.0 Å². The second-order valence-electron chi connectivity index (χ2n) is 8.56. The van der Waals surface area contributed by atoms with E-state index in [1.165, 1.54) is 28.8 Å². The molecule has 0 saturated carbocycles. The van der Waals surface area contributed by atoms with E-state index < -0.39 is 11.7 Å². The zero-order valence-electron chi connectivity index (χ0n) is 18.5. The van der Waals surface area contributed by atoms with E-state index >= 15 is 0 Å². The van der Waals surface area contributed by atoms with Crippen LogP contribution in [-0.4, -0.2) is 31.4 Å². The third-order valence-electron chi connectivity index (χ3n) is 5.69. The highest BCUT2D eigenvalue weighted by molar-refractivity contribution is 6.04. The molecule has 0 atom stereocenters. The van der Waals surface area contributed by atoms with E-state index in [1.807, 2.05) is 18.2 Å². The van der Waals surface area contributed by atoms with E-state index in [0.29, 0.717) is 11.1 Å². The van der Waals surface area contributed by atoms with E-state index in [-0.39, 0.29) is 5.91 Å². The van der Waals surface area contributed by atoms with Crippen LogP contribution in [0, 0.1) is 0 Å². The van der Waals surface area contributed by atoms with Crippen molar-refractivity contribution in [3.8, 4) is 11.1 Å². The fourth-order valence-corrected chi connectivity index (χ4v) is 4.03. The van der Waals surface area contributed by atoms with Gasteiger partial charge in [-0.3, -0.25) is 4.79 Å². The number of nitrogens with zero attached hydrogens (tertiary/aromatic N) is 1. The number of alkyl halides is 3. The molecule has 170 valence electrons. The molecule has 0 fully saturated rings. The number of fused-ring (bicyclic) bond motifs is 1. The first-order chi connectivity index (χ1) is 15.7. The Kier molecular flexibility index (Phi) is 6.38. The third kappa shape index (κ3) is 5.52. The van der Waals surface area contributed by atoms with Crippen molar-refractivity contribution in [2.24, 2.45) is 0 Å². The Morgan fingerprint density at radius 3 is 2.15 bits per heavy atom. The number of hydrogen-bond acceptors (Lipinski definition) is 2. The zero-order chi connectivity index (χ0) is 23.6. The van der Waals surface area contributed by atoms with Crippen LogP contribution in [0.25, 0.3) is 17.2 Å². The van der Waals surface area contributed by atoms with Gasteiger partial charge in [-0.15, -0.1) is 0 Å². The van der Waals surface area contributed by atoms with Crippen LogP contribution in [0.3, 0.4) is 0 Å². The summed E-state index contributed by atoms with van der Waals surface area (Å²) in [6.07, 6.45) is -0.180. The molecule has 3 aromatic carbocycles. The van der Waals surface area contributed by atoms with Crippen molar-refractivity contribution >= 4 is 17.7 Å². The van der Waals surface area contributed by atoms with Gasteiger partial charge in [0, 0.05) is 17.8 Å². The number of anilines is 1. The summed E-state index contributed by atoms with van der Waals surface area (Å²) >= 11 is 0. The molecule has 4 rings (SSSR count). The lowest BCUT2D eigenvalue weighted by Gasteiger charge is -2.20. The number of likely N-dealkylation sites (N-methyl/N-ethyl adjacent to an activating group) is 1. The molecular weight excluding hydrogens is 425 g/mol. The largest absolute Gasteiger partial charge is 0.416 e. The van der Waals surface area contributed by atoms with Gasteiger partial charge in [-0.1, -0.05) is 42.0 Å². The maximum atomic E-state index is 12.7. The van der Waals surface area contributed by atoms with Crippen molar-refractivity contribution < 1.29 is 18.0 Å². The van der Waals surface area contributed by atoms with Crippen LogP contribution >= 0.6 is 0 Å². The van der Waals surface area contributed by atoms with Gasteiger partial charge in [0.15, 0.2) is 0 Å². The van der Waals surface area contributed by atoms with Crippen molar-refractivity contribution in [3.63, 3.8) is 0 Å². The number of benzene rings is 3. The molecule has 33 heavy (non-hydrogen) atoms. The fraction of sp³-hybridized carbons (Fsp3) is 0.222. The molecule has 1 aliphatic carbocycles. The van der Waals surface area contributed by atoms with Crippen LogP contribution in [0.15, 0.2) is 72.3 Å². The van der Waals surface area contributed by atoms with E-state index in [4.69, 9.17) is 0 Å². The molecule has 0 aromatic heterocycles. The summed E-state index contributed by atoms with van der Waals surface area (Å²) in [6, 6.07) is 17.8. The van der Waals surface area contributed by atoms with Crippen LogP contribution in [-0.2, 0) is 12.6 Å². The SMILES string of the molecule is CN(C)CC1=Cc2ccc(NC(=O)c3ccc(-c4ccc(C(F)(F)F)cc4)cc3)cc2CC1. The number of rotatable bonds is 5. The molecule has 0 unspecified atom stereocenters. The molecule has 1 aliphatic rings. The second-order valence-corrected chi connectivity index (χ2v) is 8.56. The maximum Gasteiger partial charge on any atom is 0.416 e. The quantitative estimate of drug-likeness (QED) is 0.480. The van der Waals surface area contributed by atoms with Crippen LogP contribution in [0.5, 0.6) is 0 Å². The van der Waals surface area contributed by atoms with Crippen LogP contribution in [0.4, 0.5) is 18.9 Å². The topological polar surface area (TPSA) is 32.3 Å². The molecule has 1 amide bonds. The number of aryl methyl sites for hydroxylation is 1. The molecule has 0 saturated heterocycles. The number of nitrogens with one attached hydrogen (secondary N) is 1. The Balaban J connectivity index is 1.44. The Labute approximate surface area is 191 Å². The predicted molar refractivity (Wildman–Crippen MR) is 126 cm³/mol. The molecule has 3 nitrogen and oxygen atoms in total. The molecule has 0 radical (unpaired) electrons. The summed E-state index contributed by atoms with van der Waals surface area (Å²) in [5.74, 6) is -0.228. The number of amides is 1. The summed E-state index contributed by atoms with van der Waals surface area (Å²) in [6.45, 7) is 0.945. The Bertz CT molecular complexity index is 1180. The highest BCUT2D eigenvalue weighted by Crippen LogP contribution is 2.31. The number of hydrogen-bond donors (Lipinski definition) is 1. The Morgan fingerprint density at radius 2 is 1.55 bits per heavy atom. The van der Waals surface area contributed by atoms with E-state index in [0.717, 1.165) is 42.8 Å². The molecule has 0 spiro atoms. The van der Waals surface area contributed by atoms with Crippen LogP contribution in [0.2, 0.25) is 0 Å². The number of carbonyl (C=O) groups is 1. The molecule has 0 aliphatic heterocycles. The van der Waals surface area contributed by atoms with Gasteiger partial charge in [0.25, 0.3) is 5.91 Å². The minimum absolute atomic E-state index is 0.228. The standard InChI is InChI=1S/C27H25F3N2O/c1-32(2)17-18-3-4-23-16-25(14-11-22(23)15-18)31-26(33)21-7-5-19(6-8-21)20-9-12-24(13-10-20)27(28,29)30/h5-16H,3-4,17H2,1-2H3,(H,31,33). The van der Waals surface area contributed by atoms with Gasteiger partial charge in [0.05, 0.1) is 5.56 Å². The van der Waals surface area contributed by atoms with Gasteiger partial charge in [0.1, 0.15) is 0 Å². The third-order valence-corrected chi connectivity index (χ3v) is 5.69. The normalized spacial score (nSPS) is 13.5. The van der Waals surface area contributed by atoms with Crippen molar-refractivity contribution in [3.05, 3.63) is 94.6 Å². The van der Waals surface area contributed by atoms with Crippen LogP contribution in [0.1, 0.15) is 33.5 Å². The predicted octanol–water partition coefficient (Wildman–Crippen LogP) is 6.52. The Morgan fingerprint density at radius 1 is 0.909 bits per heavy atom. The summed E-state index contributed by atoms with van der Waals surface area (Å²) < 4.78 is 38.2. The molecule has 0 heterocycles. The van der Waals surface area contributed by atoms with E-state index in [2.05, 4.69) is 30.4 Å². The first-order valence-corrected chi connectivity index (χ1v) is 10.8. The number of carbonyl (C=O) groups excluding carboxylic acids is 1. The smallest absolute Gasteiger partial charge is 0.322 e. The highest BCUT2D eigenvalue weighted by atomic mass is 19.4. The lowest BCUT2D eigenvalue weighted by Crippen LogP contribution is -2.17. The summed E-state index contributed by atoms with van der Waals surface area (Å²) in [4.78, 5) is 14.9. The van der Waals surface area contributed by atoms with Crippen molar-refractivity contribution in [2.45, 2.75) is 19.0 Å². The maximum absolute atomic E-state index is 12.7. The zero-order valence-corrected chi connectivity index (χ0v) is 18.5. The van der Waals surface area contributed by atoms with Crippen molar-refractivity contribution in [1.82, 2.24) is 4.90 Å². The average molecular weight is 451 g/mol. The van der Waals surface area contributed by atoms with Crippen LogP contribution < -0.4 is 5.32 Å². The minimum atomic E-state index is -4.36. The fourth-order valence-electron chi connectivity index (χ4n) is 4.03. The van der Waals surface area contributed by atoms with Crippen molar-refractivity contribution in [2.75, 3.05) is 26.0 Å². The summed E-state index contributed by atoms with van der Waals surface area (Å²) in [7, 11) is 4.12. The Hall–Kier alpha value is -3.38. The minimum Gasteiger partial charge on any atom is -0.322 e. The average Bonchev–Trinajstić information content (AvgIpc) is 2.78. The van der Waals surface area contributed by atoms with Gasteiger partial charge in [-0.05, 0) is 85.6 Å². The first kappa shape index (κ1) is 22.8. The highest BCUT2D eigenvalue weighted by Gasteiger charge is 2.29. The van der Waals surface area contributed by atoms with Gasteiger partial charge >= 0.3 is 6.18 Å². The van der Waals surface area contributed by atoms with Crippen molar-refractivity contribution in [1.29, 1.82) is 0 Å².